The molecule has 164 valence electrons. The van der Waals surface area contributed by atoms with Crippen molar-refractivity contribution in [3.8, 4) is 0 Å². The van der Waals surface area contributed by atoms with Gasteiger partial charge in [-0.25, -0.2) is 0 Å². The second kappa shape index (κ2) is 8.05. The number of hydrogen-bond acceptors (Lipinski definition) is 4. The van der Waals surface area contributed by atoms with E-state index in [1.54, 1.807) is 13.8 Å². The van der Waals surface area contributed by atoms with Crippen LogP contribution in [0, 0.1) is 34.0 Å². The lowest BCUT2D eigenvalue weighted by Crippen LogP contribution is -2.56. The summed E-state index contributed by atoms with van der Waals surface area (Å²) in [6, 6.07) is 0. The molecule has 3 aliphatic carbocycles. The van der Waals surface area contributed by atoms with Crippen LogP contribution in [0.4, 0.5) is 0 Å². The molecule has 0 spiro atoms. The Morgan fingerprint density at radius 2 is 1.93 bits per heavy atom. The van der Waals surface area contributed by atoms with Crippen molar-refractivity contribution in [2.45, 2.75) is 79.1 Å². The number of ketones is 1. The number of carbonyl (C=O) groups excluding carboxylic acids is 1. The van der Waals surface area contributed by atoms with E-state index in [-0.39, 0.29) is 12.0 Å². The number of aliphatic carboxylic acids is 1. The Kier molecular flexibility index (Phi) is 6.20. The minimum Gasteiger partial charge on any atom is -0.481 e. The number of carboxylic acid groups (broad SMARTS) is 1. The molecule has 1 heterocycles. The molecule has 29 heavy (non-hydrogen) atoms. The largest absolute Gasteiger partial charge is 0.481 e. The summed E-state index contributed by atoms with van der Waals surface area (Å²) in [4.78, 5) is 22.0. The van der Waals surface area contributed by atoms with Crippen LogP contribution < -0.4 is 5.32 Å². The van der Waals surface area contributed by atoms with Gasteiger partial charge >= 0.3 is 5.97 Å². The van der Waals surface area contributed by atoms with Gasteiger partial charge in [-0.05, 0) is 75.5 Å². The average Bonchev–Trinajstić information content (AvgIpc) is 3.04. The Morgan fingerprint density at radius 3 is 2.55 bits per heavy atom. The van der Waals surface area contributed by atoms with E-state index in [4.69, 9.17) is 10.2 Å². The third kappa shape index (κ3) is 4.12. The predicted octanol–water partition coefficient (Wildman–Crippen LogP) is 4.15. The molecule has 3 N–H and O–H groups in total. The van der Waals surface area contributed by atoms with E-state index in [1.165, 1.54) is 37.8 Å². The molecule has 0 bridgehead atoms. The number of aliphatic hydroxyl groups is 1. The van der Waals surface area contributed by atoms with Gasteiger partial charge in [0.15, 0.2) is 5.78 Å². The summed E-state index contributed by atoms with van der Waals surface area (Å²) in [5.41, 5.74) is 1.34. The molecule has 0 unspecified atom stereocenters. The van der Waals surface area contributed by atoms with Crippen molar-refractivity contribution < 1.29 is 19.8 Å². The fraction of sp³-hybridized carbons (Fsp3) is 0.833. The van der Waals surface area contributed by atoms with Crippen molar-refractivity contribution in [1.82, 2.24) is 5.32 Å². The zero-order chi connectivity index (χ0) is 21.4. The molecule has 1 saturated heterocycles. The summed E-state index contributed by atoms with van der Waals surface area (Å²) < 4.78 is 0. The molecule has 5 nitrogen and oxygen atoms in total. The summed E-state index contributed by atoms with van der Waals surface area (Å²) in [5.74, 6) is 2.03. The van der Waals surface area contributed by atoms with Gasteiger partial charge in [-0.3, -0.25) is 9.59 Å². The maximum Gasteiger partial charge on any atom is 0.309 e. The average molecular weight is 406 g/mol. The molecular formula is C24H39NO4. The molecule has 5 atom stereocenters. The number of hydrogen-bond donors (Lipinski definition) is 3. The lowest BCUT2D eigenvalue weighted by molar-refractivity contribution is -0.147. The smallest absolute Gasteiger partial charge is 0.309 e. The zero-order valence-electron chi connectivity index (χ0n) is 18.6. The second-order valence-electron chi connectivity index (χ2n) is 10.9. The molecule has 0 aromatic heterocycles. The Balaban J connectivity index is 0.000000229. The van der Waals surface area contributed by atoms with Gasteiger partial charge in [0.05, 0.1) is 5.41 Å². The number of rotatable bonds is 3. The van der Waals surface area contributed by atoms with Gasteiger partial charge in [-0.2, -0.15) is 0 Å². The van der Waals surface area contributed by atoms with Crippen molar-refractivity contribution >= 4 is 11.8 Å². The Labute approximate surface area is 175 Å². The number of piperidine rings is 1. The molecule has 3 fully saturated rings. The van der Waals surface area contributed by atoms with Gasteiger partial charge in [-0.1, -0.05) is 20.3 Å². The summed E-state index contributed by atoms with van der Waals surface area (Å²) in [5, 5.41) is 20.5. The summed E-state index contributed by atoms with van der Waals surface area (Å²) in [6.45, 7) is 9.18. The number of carboxylic acids is 1. The Hall–Kier alpha value is -1.36. The first kappa shape index (κ1) is 22.3. The van der Waals surface area contributed by atoms with Crippen LogP contribution in [0.2, 0.25) is 0 Å². The quantitative estimate of drug-likeness (QED) is 0.656. The molecule has 0 radical (unpaired) electrons. The van der Waals surface area contributed by atoms with Crippen LogP contribution in [0.5, 0.6) is 0 Å². The third-order valence-electron chi connectivity index (χ3n) is 8.69. The molecule has 4 aliphatic rings. The SMILES string of the molecule is CC(C)(CCO)C(=O)O.C[C@@]12CCC[C@H]1[C@@H]1CNC3=CC(=O)CC[C@]3(C)[C@H]1CC2. The van der Waals surface area contributed by atoms with Crippen molar-refractivity contribution in [2.75, 3.05) is 13.2 Å². The highest BCUT2D eigenvalue weighted by Crippen LogP contribution is 2.62. The van der Waals surface area contributed by atoms with E-state index in [9.17, 15) is 9.59 Å². The van der Waals surface area contributed by atoms with Gasteiger partial charge in [0.2, 0.25) is 0 Å². The first-order chi connectivity index (χ1) is 13.5. The first-order valence-corrected chi connectivity index (χ1v) is 11.4. The minimum absolute atomic E-state index is 0.0701. The molecule has 5 heteroatoms. The molecule has 0 aromatic rings. The minimum atomic E-state index is -0.864. The highest BCUT2D eigenvalue weighted by Gasteiger charge is 2.56. The van der Waals surface area contributed by atoms with Crippen molar-refractivity contribution in [3.05, 3.63) is 11.8 Å². The van der Waals surface area contributed by atoms with Crippen molar-refractivity contribution in [1.29, 1.82) is 0 Å². The van der Waals surface area contributed by atoms with E-state index in [0.717, 1.165) is 37.1 Å². The summed E-state index contributed by atoms with van der Waals surface area (Å²) in [7, 11) is 0. The van der Waals surface area contributed by atoms with E-state index in [1.807, 2.05) is 6.08 Å². The number of aliphatic hydroxyl groups excluding tert-OH is 1. The van der Waals surface area contributed by atoms with E-state index >= 15 is 0 Å². The fourth-order valence-electron chi connectivity index (χ4n) is 6.52. The highest BCUT2D eigenvalue weighted by molar-refractivity contribution is 5.91. The van der Waals surface area contributed by atoms with E-state index < -0.39 is 11.4 Å². The highest BCUT2D eigenvalue weighted by atomic mass is 16.4. The topological polar surface area (TPSA) is 86.6 Å². The van der Waals surface area contributed by atoms with Crippen molar-refractivity contribution in [2.24, 2.45) is 34.0 Å². The standard InChI is InChI=1S/C18H27NO.C6H12O3/c1-17-7-3-4-14(17)13-11-19-16-10-12(20)5-9-18(16,2)15(13)6-8-17;1-6(2,3-4-7)5(8)9/h10,13-15,19H,3-9,11H2,1-2H3;7H,3-4H2,1-2H3,(H,8,9)/t13-,14-,15-,17-,18+;/m0./s1. The van der Waals surface area contributed by atoms with Crippen LogP contribution in [0.25, 0.3) is 0 Å². The van der Waals surface area contributed by atoms with E-state index in [0.29, 0.717) is 17.6 Å². The van der Waals surface area contributed by atoms with Gasteiger partial charge in [-0.15, -0.1) is 0 Å². The van der Waals surface area contributed by atoms with Crippen LogP contribution in [0.3, 0.4) is 0 Å². The summed E-state index contributed by atoms with van der Waals surface area (Å²) in [6.07, 6.45) is 11.2. The monoisotopic (exact) mass is 405 g/mol. The maximum absolute atomic E-state index is 11.7. The van der Waals surface area contributed by atoms with Gasteiger partial charge in [0.1, 0.15) is 0 Å². The number of allylic oxidation sites excluding steroid dienone is 2. The lowest BCUT2D eigenvalue weighted by Gasteiger charge is -2.57. The first-order valence-electron chi connectivity index (χ1n) is 11.4. The van der Waals surface area contributed by atoms with Gasteiger partial charge in [0.25, 0.3) is 0 Å². The molecule has 4 rings (SSSR count). The predicted molar refractivity (Wildman–Crippen MR) is 113 cm³/mol. The van der Waals surface area contributed by atoms with Crippen LogP contribution in [-0.4, -0.2) is 35.1 Å². The second-order valence-corrected chi connectivity index (χ2v) is 10.9. The molecule has 1 aliphatic heterocycles. The lowest BCUT2D eigenvalue weighted by atomic mass is 9.51. The number of carbonyl (C=O) groups is 2. The summed E-state index contributed by atoms with van der Waals surface area (Å²) >= 11 is 0. The molecular weight excluding hydrogens is 366 g/mol. The number of fused-ring (bicyclic) bond motifs is 5. The number of nitrogens with one attached hydrogen (secondary N) is 1. The van der Waals surface area contributed by atoms with Crippen molar-refractivity contribution in [3.63, 3.8) is 0 Å². The van der Waals surface area contributed by atoms with E-state index in [2.05, 4.69) is 19.2 Å². The van der Waals surface area contributed by atoms with Crippen LogP contribution >= 0.6 is 0 Å². The van der Waals surface area contributed by atoms with Gasteiger partial charge < -0.3 is 15.5 Å². The third-order valence-corrected chi connectivity index (χ3v) is 8.69. The van der Waals surface area contributed by atoms with Crippen LogP contribution in [0.1, 0.15) is 79.1 Å². The molecule has 0 amide bonds. The maximum atomic E-state index is 11.7. The molecule has 0 aromatic carbocycles. The Morgan fingerprint density at radius 1 is 1.21 bits per heavy atom. The van der Waals surface area contributed by atoms with Gasteiger partial charge in [0, 0.05) is 36.8 Å². The normalized spacial score (nSPS) is 38.4. The molecule has 2 saturated carbocycles. The van der Waals surface area contributed by atoms with Crippen LogP contribution in [0.15, 0.2) is 11.8 Å². The zero-order valence-corrected chi connectivity index (χ0v) is 18.6. The van der Waals surface area contributed by atoms with Crippen LogP contribution in [-0.2, 0) is 9.59 Å². The Bertz CT molecular complexity index is 684. The fourth-order valence-corrected chi connectivity index (χ4v) is 6.52.